The Kier molecular flexibility index (Phi) is 7.83. The highest BCUT2D eigenvalue weighted by Gasteiger charge is 2.13. The van der Waals surface area contributed by atoms with E-state index in [1.165, 1.54) is 10.1 Å². The van der Waals surface area contributed by atoms with Gasteiger partial charge in [0.25, 0.3) is 5.56 Å². The Hall–Kier alpha value is -3.64. The van der Waals surface area contributed by atoms with Crippen LogP contribution in [0.5, 0.6) is 0 Å². The molecule has 4 aromatic rings. The van der Waals surface area contributed by atoms with Crippen LogP contribution in [0.3, 0.4) is 0 Å². The molecule has 1 amide bonds. The molecule has 0 fully saturated rings. The normalized spacial score (nSPS) is 11.0. The summed E-state index contributed by atoms with van der Waals surface area (Å²) in [6.45, 7) is 3.10. The van der Waals surface area contributed by atoms with Gasteiger partial charge in [-0.2, -0.15) is 0 Å². The van der Waals surface area contributed by atoms with Crippen molar-refractivity contribution < 1.29 is 4.79 Å². The number of amides is 1. The van der Waals surface area contributed by atoms with E-state index in [0.29, 0.717) is 48.3 Å². The predicted molar refractivity (Wildman–Crippen MR) is 140 cm³/mol. The van der Waals surface area contributed by atoms with Crippen LogP contribution in [0.15, 0.2) is 82.4 Å². The van der Waals surface area contributed by atoms with Gasteiger partial charge in [-0.1, -0.05) is 65.7 Å². The van der Waals surface area contributed by atoms with Gasteiger partial charge < -0.3 is 5.32 Å². The average molecular weight is 490 g/mol. The fourth-order valence-electron chi connectivity index (χ4n) is 4.04. The van der Waals surface area contributed by atoms with E-state index in [1.54, 1.807) is 34.9 Å². The maximum atomic E-state index is 13.3. The Labute approximate surface area is 208 Å². The van der Waals surface area contributed by atoms with Crippen LogP contribution in [0.2, 0.25) is 5.02 Å². The molecule has 0 saturated carbocycles. The van der Waals surface area contributed by atoms with Crippen molar-refractivity contribution >= 4 is 28.4 Å². The first-order chi connectivity index (χ1) is 16.9. The van der Waals surface area contributed by atoms with Crippen LogP contribution in [0.4, 0.5) is 0 Å². The topological polar surface area (TPSA) is 73.1 Å². The molecular formula is C28H28ClN3O3. The third kappa shape index (κ3) is 6.08. The summed E-state index contributed by atoms with van der Waals surface area (Å²) in [4.78, 5) is 38.6. The number of benzene rings is 3. The molecule has 0 unspecified atom stereocenters. The number of fused-ring (bicyclic) bond motifs is 1. The number of para-hydroxylation sites is 1. The van der Waals surface area contributed by atoms with Crippen molar-refractivity contribution in [1.29, 1.82) is 0 Å². The monoisotopic (exact) mass is 489 g/mol. The van der Waals surface area contributed by atoms with Crippen LogP contribution in [0.25, 0.3) is 10.9 Å². The van der Waals surface area contributed by atoms with Gasteiger partial charge in [0.1, 0.15) is 0 Å². The summed E-state index contributed by atoms with van der Waals surface area (Å²) in [6.07, 6.45) is 1.47. The largest absolute Gasteiger partial charge is 0.352 e. The van der Waals surface area contributed by atoms with E-state index in [1.807, 2.05) is 49.4 Å². The summed E-state index contributed by atoms with van der Waals surface area (Å²) in [6, 6.07) is 22.5. The number of carbonyl (C=O) groups excluding carboxylic acids is 1. The minimum absolute atomic E-state index is 0.0448. The summed E-state index contributed by atoms with van der Waals surface area (Å²) in [5.74, 6) is -0.0448. The lowest BCUT2D eigenvalue weighted by Crippen LogP contribution is -2.40. The standard InChI is InChI=1S/C28H28ClN3O3/c1-20-9-11-21(12-10-20)18-30-26(33)8-4-5-17-31-27(34)24-6-2-3-7-25(24)32(28(31)35)19-22-13-15-23(29)16-14-22/h2-3,6-7,9-16H,4-5,8,17-19H2,1H3,(H,30,33). The first kappa shape index (κ1) is 24.5. The van der Waals surface area contributed by atoms with E-state index in [4.69, 9.17) is 11.6 Å². The number of unbranched alkanes of at least 4 members (excludes halogenated alkanes) is 1. The van der Waals surface area contributed by atoms with E-state index in [-0.39, 0.29) is 23.7 Å². The number of hydrogen-bond donors (Lipinski definition) is 1. The molecule has 0 aliphatic heterocycles. The second kappa shape index (κ2) is 11.2. The Morgan fingerprint density at radius 3 is 2.29 bits per heavy atom. The lowest BCUT2D eigenvalue weighted by molar-refractivity contribution is -0.121. The van der Waals surface area contributed by atoms with E-state index >= 15 is 0 Å². The molecule has 0 saturated heterocycles. The molecule has 0 aliphatic carbocycles. The SMILES string of the molecule is Cc1ccc(CNC(=O)CCCCn2c(=O)c3ccccc3n(Cc3ccc(Cl)cc3)c2=O)cc1. The molecule has 6 nitrogen and oxygen atoms in total. The number of halogens is 1. The Morgan fingerprint density at radius 2 is 1.54 bits per heavy atom. The van der Waals surface area contributed by atoms with Crippen molar-refractivity contribution in [2.45, 2.75) is 45.8 Å². The number of nitrogens with one attached hydrogen (secondary N) is 1. The fraction of sp³-hybridized carbons (Fsp3) is 0.250. The van der Waals surface area contributed by atoms with Crippen LogP contribution in [-0.2, 0) is 24.4 Å². The molecule has 0 aliphatic rings. The molecule has 0 bridgehead atoms. The van der Waals surface area contributed by atoms with Crippen molar-refractivity contribution in [2.75, 3.05) is 0 Å². The summed E-state index contributed by atoms with van der Waals surface area (Å²) in [5.41, 5.74) is 3.08. The summed E-state index contributed by atoms with van der Waals surface area (Å²) < 4.78 is 2.90. The smallest absolute Gasteiger partial charge is 0.331 e. The maximum absolute atomic E-state index is 13.3. The molecule has 3 aromatic carbocycles. The molecule has 0 radical (unpaired) electrons. The quantitative estimate of drug-likeness (QED) is 0.347. The third-order valence-electron chi connectivity index (χ3n) is 6.03. The Morgan fingerprint density at radius 1 is 0.857 bits per heavy atom. The van der Waals surface area contributed by atoms with Gasteiger partial charge in [-0.05, 0) is 55.2 Å². The van der Waals surface area contributed by atoms with Crippen molar-refractivity contribution in [3.05, 3.63) is 115 Å². The minimum Gasteiger partial charge on any atom is -0.352 e. The Bertz CT molecular complexity index is 1440. The van der Waals surface area contributed by atoms with Gasteiger partial charge in [0, 0.05) is 24.5 Å². The number of aryl methyl sites for hydroxylation is 1. The average Bonchev–Trinajstić information content (AvgIpc) is 2.87. The molecule has 1 heterocycles. The lowest BCUT2D eigenvalue weighted by Gasteiger charge is -2.14. The molecule has 0 spiro atoms. The number of carbonyl (C=O) groups is 1. The minimum atomic E-state index is -0.354. The van der Waals surface area contributed by atoms with Gasteiger partial charge in [-0.15, -0.1) is 0 Å². The first-order valence-electron chi connectivity index (χ1n) is 11.7. The second-order valence-electron chi connectivity index (χ2n) is 8.69. The van der Waals surface area contributed by atoms with E-state index in [0.717, 1.165) is 11.1 Å². The maximum Gasteiger partial charge on any atom is 0.331 e. The van der Waals surface area contributed by atoms with Crippen LogP contribution < -0.4 is 16.6 Å². The van der Waals surface area contributed by atoms with Gasteiger partial charge in [0.05, 0.1) is 17.4 Å². The molecule has 4 rings (SSSR count). The summed E-state index contributed by atoms with van der Waals surface area (Å²) in [7, 11) is 0. The Balaban J connectivity index is 1.43. The number of aromatic nitrogens is 2. The van der Waals surface area contributed by atoms with Crippen LogP contribution in [0.1, 0.15) is 36.0 Å². The van der Waals surface area contributed by atoms with Crippen LogP contribution in [-0.4, -0.2) is 15.0 Å². The van der Waals surface area contributed by atoms with Gasteiger partial charge in [0.15, 0.2) is 0 Å². The third-order valence-corrected chi connectivity index (χ3v) is 6.28. The van der Waals surface area contributed by atoms with Crippen LogP contribution in [0, 0.1) is 6.92 Å². The predicted octanol–water partition coefficient (Wildman–Crippen LogP) is 4.66. The zero-order valence-electron chi connectivity index (χ0n) is 19.7. The van der Waals surface area contributed by atoms with Gasteiger partial charge in [0.2, 0.25) is 5.91 Å². The summed E-state index contributed by atoms with van der Waals surface area (Å²) >= 11 is 5.99. The molecule has 0 atom stereocenters. The highest BCUT2D eigenvalue weighted by atomic mass is 35.5. The van der Waals surface area contributed by atoms with Crippen molar-refractivity contribution in [3.63, 3.8) is 0 Å². The highest BCUT2D eigenvalue weighted by Crippen LogP contribution is 2.13. The second-order valence-corrected chi connectivity index (χ2v) is 9.12. The zero-order chi connectivity index (χ0) is 24.8. The number of rotatable bonds is 9. The van der Waals surface area contributed by atoms with E-state index in [2.05, 4.69) is 5.32 Å². The summed E-state index contributed by atoms with van der Waals surface area (Å²) in [5, 5.41) is 4.04. The molecule has 1 N–H and O–H groups in total. The number of hydrogen-bond acceptors (Lipinski definition) is 3. The highest BCUT2D eigenvalue weighted by molar-refractivity contribution is 6.30. The molecule has 35 heavy (non-hydrogen) atoms. The van der Waals surface area contributed by atoms with Gasteiger partial charge in [-0.3, -0.25) is 18.7 Å². The van der Waals surface area contributed by atoms with Gasteiger partial charge in [-0.25, -0.2) is 4.79 Å². The van der Waals surface area contributed by atoms with Gasteiger partial charge >= 0.3 is 5.69 Å². The molecular weight excluding hydrogens is 462 g/mol. The molecule has 180 valence electrons. The van der Waals surface area contributed by atoms with Crippen molar-refractivity contribution in [1.82, 2.24) is 14.5 Å². The van der Waals surface area contributed by atoms with Crippen molar-refractivity contribution in [2.24, 2.45) is 0 Å². The van der Waals surface area contributed by atoms with Crippen LogP contribution >= 0.6 is 11.6 Å². The fourth-order valence-corrected chi connectivity index (χ4v) is 4.17. The first-order valence-corrected chi connectivity index (χ1v) is 12.1. The van der Waals surface area contributed by atoms with E-state index < -0.39 is 0 Å². The number of nitrogens with zero attached hydrogens (tertiary/aromatic N) is 2. The van der Waals surface area contributed by atoms with Crippen molar-refractivity contribution in [3.8, 4) is 0 Å². The zero-order valence-corrected chi connectivity index (χ0v) is 20.4. The molecule has 1 aromatic heterocycles. The lowest BCUT2D eigenvalue weighted by atomic mass is 10.1. The molecule has 7 heteroatoms. The van der Waals surface area contributed by atoms with E-state index in [9.17, 15) is 14.4 Å².